The van der Waals surface area contributed by atoms with Crippen molar-refractivity contribution in [3.05, 3.63) is 0 Å². The van der Waals surface area contributed by atoms with Gasteiger partial charge >= 0.3 is 0 Å². The van der Waals surface area contributed by atoms with Crippen LogP contribution < -0.4 is 5.73 Å². The van der Waals surface area contributed by atoms with Crippen molar-refractivity contribution in [2.75, 3.05) is 19.8 Å². The third-order valence-corrected chi connectivity index (χ3v) is 4.55. The van der Waals surface area contributed by atoms with Gasteiger partial charge in [0.25, 0.3) is 0 Å². The van der Waals surface area contributed by atoms with Crippen LogP contribution in [0.2, 0.25) is 0 Å². The van der Waals surface area contributed by atoms with Crippen molar-refractivity contribution in [3.63, 3.8) is 0 Å². The number of carbonyl (C=O) groups is 1. The number of ether oxygens (including phenoxy) is 2. The first-order valence-electron chi connectivity index (χ1n) is 7.32. The molecule has 0 bridgehead atoms. The Morgan fingerprint density at radius 3 is 2.74 bits per heavy atom. The van der Waals surface area contributed by atoms with Gasteiger partial charge in [0.2, 0.25) is 0 Å². The molecule has 19 heavy (non-hydrogen) atoms. The zero-order chi connectivity index (χ0) is 14.1. The number of rotatable bonds is 3. The summed E-state index contributed by atoms with van der Waals surface area (Å²) in [6.45, 7) is 8.32. The lowest BCUT2D eigenvalue weighted by atomic mass is 9.78. The van der Waals surface area contributed by atoms with E-state index in [-0.39, 0.29) is 23.0 Å². The van der Waals surface area contributed by atoms with Crippen LogP contribution in [-0.2, 0) is 14.3 Å². The minimum Gasteiger partial charge on any atom is -0.378 e. The number of hydrogen-bond acceptors (Lipinski definition) is 4. The molecule has 3 atom stereocenters. The molecule has 0 aromatic carbocycles. The summed E-state index contributed by atoms with van der Waals surface area (Å²) in [4.78, 5) is 12.4. The molecule has 4 nitrogen and oxygen atoms in total. The molecule has 2 rings (SSSR count). The zero-order valence-corrected chi connectivity index (χ0v) is 12.4. The molecule has 2 N–H and O–H groups in total. The third-order valence-electron chi connectivity index (χ3n) is 4.55. The maximum atomic E-state index is 12.4. The van der Waals surface area contributed by atoms with Crippen molar-refractivity contribution in [1.29, 1.82) is 0 Å². The topological polar surface area (TPSA) is 61.6 Å². The first kappa shape index (κ1) is 14.9. The van der Waals surface area contributed by atoms with Crippen molar-refractivity contribution < 1.29 is 14.3 Å². The van der Waals surface area contributed by atoms with Crippen LogP contribution in [0.5, 0.6) is 0 Å². The van der Waals surface area contributed by atoms with E-state index in [1.54, 1.807) is 0 Å². The molecule has 0 radical (unpaired) electrons. The van der Waals surface area contributed by atoms with E-state index < -0.39 is 0 Å². The molecular weight excluding hydrogens is 242 g/mol. The summed E-state index contributed by atoms with van der Waals surface area (Å²) in [5.74, 6) is 0.404. The first-order chi connectivity index (χ1) is 8.82. The van der Waals surface area contributed by atoms with Gasteiger partial charge in [0.05, 0.1) is 12.2 Å². The largest absolute Gasteiger partial charge is 0.378 e. The zero-order valence-electron chi connectivity index (χ0n) is 12.4. The molecule has 1 spiro atoms. The minimum absolute atomic E-state index is 0.0189. The maximum absolute atomic E-state index is 12.4. The van der Waals surface area contributed by atoms with Crippen molar-refractivity contribution >= 4 is 5.78 Å². The molecule has 2 fully saturated rings. The molecule has 0 aromatic rings. The number of carbonyl (C=O) groups excluding carboxylic acids is 1. The second kappa shape index (κ2) is 5.51. The normalized spacial score (nSPS) is 33.6. The van der Waals surface area contributed by atoms with E-state index in [1.165, 1.54) is 0 Å². The van der Waals surface area contributed by atoms with Crippen LogP contribution in [0, 0.1) is 11.3 Å². The van der Waals surface area contributed by atoms with Gasteiger partial charge in [-0.2, -0.15) is 0 Å². The van der Waals surface area contributed by atoms with E-state index in [1.807, 2.05) is 0 Å². The van der Waals surface area contributed by atoms with E-state index in [9.17, 15) is 4.79 Å². The summed E-state index contributed by atoms with van der Waals surface area (Å²) < 4.78 is 11.3. The second-order valence-corrected chi connectivity index (χ2v) is 7.17. The van der Waals surface area contributed by atoms with Crippen LogP contribution in [-0.4, -0.2) is 37.2 Å². The van der Waals surface area contributed by atoms with E-state index in [0.717, 1.165) is 25.9 Å². The first-order valence-corrected chi connectivity index (χ1v) is 7.32. The molecule has 0 aliphatic carbocycles. The summed E-state index contributed by atoms with van der Waals surface area (Å²) in [7, 11) is 0. The van der Waals surface area contributed by atoms with Crippen molar-refractivity contribution in [2.45, 2.75) is 58.1 Å². The van der Waals surface area contributed by atoms with Gasteiger partial charge in [0, 0.05) is 38.0 Å². The van der Waals surface area contributed by atoms with E-state index in [4.69, 9.17) is 15.2 Å². The molecule has 0 saturated carbocycles. The van der Waals surface area contributed by atoms with Crippen LogP contribution in [0.25, 0.3) is 0 Å². The van der Waals surface area contributed by atoms with Gasteiger partial charge in [0.15, 0.2) is 0 Å². The fourth-order valence-corrected chi connectivity index (χ4v) is 2.86. The maximum Gasteiger partial charge on any atom is 0.137 e. The second-order valence-electron chi connectivity index (χ2n) is 7.17. The molecular formula is C15H27NO3. The molecule has 110 valence electrons. The highest BCUT2D eigenvalue weighted by molar-refractivity contribution is 5.81. The number of Topliss-reactive ketones (excluding diaryl/α,β-unsaturated/α-hetero) is 1. The summed E-state index contributed by atoms with van der Waals surface area (Å²) in [6, 6.07) is -0.0707. The Morgan fingerprint density at radius 2 is 2.16 bits per heavy atom. The summed E-state index contributed by atoms with van der Waals surface area (Å²) in [5, 5.41) is 0. The smallest absolute Gasteiger partial charge is 0.137 e. The van der Waals surface area contributed by atoms with Crippen LogP contribution >= 0.6 is 0 Å². The van der Waals surface area contributed by atoms with Crippen LogP contribution in [0.15, 0.2) is 0 Å². The number of ketones is 1. The van der Waals surface area contributed by atoms with Gasteiger partial charge in [-0.25, -0.2) is 0 Å². The lowest BCUT2D eigenvalue weighted by Gasteiger charge is -2.37. The highest BCUT2D eigenvalue weighted by atomic mass is 16.6. The Bertz CT molecular complexity index is 329. The molecule has 3 unspecified atom stereocenters. The predicted molar refractivity (Wildman–Crippen MR) is 73.9 cm³/mol. The Morgan fingerprint density at radius 1 is 1.42 bits per heavy atom. The molecule has 2 heterocycles. The summed E-state index contributed by atoms with van der Waals surface area (Å²) in [5.41, 5.74) is 5.92. The standard InChI is InChI=1S/C15H27NO3/c1-14(2,3)13(16)8-12(17)11-4-6-19-15(9-11)5-7-18-10-15/h11,13H,4-10,16H2,1-3H3. The molecule has 0 aromatic heterocycles. The van der Waals surface area contributed by atoms with Crippen molar-refractivity contribution in [2.24, 2.45) is 17.1 Å². The molecule has 4 heteroatoms. The lowest BCUT2D eigenvalue weighted by Crippen LogP contribution is -2.44. The van der Waals surface area contributed by atoms with Crippen LogP contribution in [0.1, 0.15) is 46.5 Å². The van der Waals surface area contributed by atoms with Gasteiger partial charge in [-0.1, -0.05) is 20.8 Å². The van der Waals surface area contributed by atoms with E-state index in [0.29, 0.717) is 25.4 Å². The Balaban J connectivity index is 1.92. The van der Waals surface area contributed by atoms with Crippen molar-refractivity contribution in [3.8, 4) is 0 Å². The van der Waals surface area contributed by atoms with Gasteiger partial charge in [-0.15, -0.1) is 0 Å². The molecule has 2 aliphatic rings. The summed E-state index contributed by atoms with van der Waals surface area (Å²) in [6.07, 6.45) is 3.04. The van der Waals surface area contributed by atoms with E-state index >= 15 is 0 Å². The average Bonchev–Trinajstić information content (AvgIpc) is 2.76. The lowest BCUT2D eigenvalue weighted by molar-refractivity contribution is -0.137. The third kappa shape index (κ3) is 3.56. The van der Waals surface area contributed by atoms with Gasteiger partial charge in [-0.05, 0) is 18.3 Å². The SMILES string of the molecule is CC(C)(C)C(N)CC(=O)C1CCOC2(CCOC2)C1. The van der Waals surface area contributed by atoms with Gasteiger partial charge in [0.1, 0.15) is 5.78 Å². The quantitative estimate of drug-likeness (QED) is 0.850. The minimum atomic E-state index is -0.190. The fourth-order valence-electron chi connectivity index (χ4n) is 2.86. The van der Waals surface area contributed by atoms with Crippen LogP contribution in [0.3, 0.4) is 0 Å². The predicted octanol–water partition coefficient (Wildman–Crippen LogP) is 1.90. The Kier molecular flexibility index (Phi) is 4.33. The monoisotopic (exact) mass is 269 g/mol. The average molecular weight is 269 g/mol. The number of nitrogens with two attached hydrogens (primary N) is 1. The van der Waals surface area contributed by atoms with E-state index in [2.05, 4.69) is 20.8 Å². The number of hydrogen-bond donors (Lipinski definition) is 1. The molecule has 2 aliphatic heterocycles. The highest BCUT2D eigenvalue weighted by Crippen LogP contribution is 2.37. The van der Waals surface area contributed by atoms with Gasteiger partial charge in [-0.3, -0.25) is 4.79 Å². The summed E-state index contributed by atoms with van der Waals surface area (Å²) >= 11 is 0. The Labute approximate surface area is 116 Å². The highest BCUT2D eigenvalue weighted by Gasteiger charge is 2.43. The van der Waals surface area contributed by atoms with Gasteiger partial charge < -0.3 is 15.2 Å². The Hall–Kier alpha value is -0.450. The van der Waals surface area contributed by atoms with Crippen LogP contribution in [0.4, 0.5) is 0 Å². The van der Waals surface area contributed by atoms with Crippen molar-refractivity contribution in [1.82, 2.24) is 0 Å². The fraction of sp³-hybridized carbons (Fsp3) is 0.933. The molecule has 2 saturated heterocycles. The molecule has 0 amide bonds.